The van der Waals surface area contributed by atoms with Gasteiger partial charge in [0.25, 0.3) is 0 Å². The molecule has 1 fully saturated rings. The van der Waals surface area contributed by atoms with Crippen molar-refractivity contribution in [2.24, 2.45) is 5.92 Å². The third-order valence-corrected chi connectivity index (χ3v) is 4.74. The van der Waals surface area contributed by atoms with Crippen LogP contribution in [0, 0.1) is 5.92 Å². The maximum absolute atomic E-state index is 9.38. The first kappa shape index (κ1) is 13.3. The number of anilines is 2. The van der Waals surface area contributed by atoms with E-state index < -0.39 is 0 Å². The highest BCUT2D eigenvalue weighted by Gasteiger charge is 2.29. The van der Waals surface area contributed by atoms with Gasteiger partial charge in [0, 0.05) is 26.0 Å². The second-order valence-corrected chi connectivity index (χ2v) is 6.11. The Morgan fingerprint density at radius 2 is 2.10 bits per heavy atom. The molecule has 0 unspecified atom stereocenters. The molecule has 1 aliphatic carbocycles. The van der Waals surface area contributed by atoms with Gasteiger partial charge in [0.05, 0.1) is 11.7 Å². The van der Waals surface area contributed by atoms with E-state index in [0.29, 0.717) is 11.7 Å². The molecule has 0 amide bonds. The van der Waals surface area contributed by atoms with Gasteiger partial charge in [-0.2, -0.15) is 4.37 Å². The fourth-order valence-corrected chi connectivity index (χ4v) is 3.47. The lowest BCUT2D eigenvalue weighted by molar-refractivity contribution is 0.0465. The molecule has 1 saturated carbocycles. The third-order valence-electron chi connectivity index (χ3n) is 3.76. The standard InChI is InChI=1S/C14H18N4OS/c1-18(8-9-6-11(19)7-9)14-12(13(15)17-20-14)10-2-4-16-5-3-10/h2-5,9,11,19H,6-8H2,1H3,(H2,15,17). The zero-order chi connectivity index (χ0) is 14.1. The summed E-state index contributed by atoms with van der Waals surface area (Å²) in [6.07, 6.45) is 5.20. The molecule has 6 heteroatoms. The van der Waals surface area contributed by atoms with Gasteiger partial charge in [-0.3, -0.25) is 4.98 Å². The normalized spacial score (nSPS) is 21.5. The quantitative estimate of drug-likeness (QED) is 0.900. The average Bonchev–Trinajstić information content (AvgIpc) is 2.80. The molecule has 0 bridgehead atoms. The lowest BCUT2D eigenvalue weighted by atomic mass is 9.82. The fourth-order valence-electron chi connectivity index (χ4n) is 2.66. The summed E-state index contributed by atoms with van der Waals surface area (Å²) in [5.41, 5.74) is 8.05. The van der Waals surface area contributed by atoms with Crippen molar-refractivity contribution >= 4 is 22.4 Å². The van der Waals surface area contributed by atoms with E-state index in [9.17, 15) is 5.11 Å². The number of aliphatic hydroxyl groups excluding tert-OH is 1. The Hall–Kier alpha value is -1.66. The molecule has 2 heterocycles. The Bertz CT molecular complexity index is 580. The minimum atomic E-state index is -0.111. The summed E-state index contributed by atoms with van der Waals surface area (Å²) in [4.78, 5) is 6.23. The minimum absolute atomic E-state index is 0.111. The van der Waals surface area contributed by atoms with Gasteiger partial charge in [-0.05, 0) is 48.0 Å². The van der Waals surface area contributed by atoms with E-state index in [4.69, 9.17) is 5.73 Å². The number of aliphatic hydroxyl groups is 1. The molecule has 0 aromatic carbocycles. The van der Waals surface area contributed by atoms with E-state index in [-0.39, 0.29) is 6.10 Å². The van der Waals surface area contributed by atoms with Crippen molar-refractivity contribution in [3.8, 4) is 11.1 Å². The number of nitrogens with two attached hydrogens (primary N) is 1. The molecule has 0 atom stereocenters. The molecule has 3 rings (SSSR count). The summed E-state index contributed by atoms with van der Waals surface area (Å²) in [6.45, 7) is 0.927. The van der Waals surface area contributed by atoms with Crippen LogP contribution in [-0.2, 0) is 0 Å². The van der Waals surface area contributed by atoms with E-state index >= 15 is 0 Å². The van der Waals surface area contributed by atoms with Crippen molar-refractivity contribution < 1.29 is 5.11 Å². The molecule has 1 aliphatic rings. The van der Waals surface area contributed by atoms with Gasteiger partial charge >= 0.3 is 0 Å². The van der Waals surface area contributed by atoms with E-state index in [1.54, 1.807) is 12.4 Å². The SMILES string of the molecule is CN(CC1CC(O)C1)c1snc(N)c1-c1ccncc1. The number of hydrogen-bond donors (Lipinski definition) is 2. The molecular weight excluding hydrogens is 272 g/mol. The van der Waals surface area contributed by atoms with Crippen molar-refractivity contribution in [1.29, 1.82) is 0 Å². The first-order valence-electron chi connectivity index (χ1n) is 6.70. The lowest BCUT2D eigenvalue weighted by Crippen LogP contribution is -2.37. The van der Waals surface area contributed by atoms with Crippen LogP contribution in [0.25, 0.3) is 11.1 Å². The molecule has 3 N–H and O–H groups in total. The molecule has 5 nitrogen and oxygen atoms in total. The van der Waals surface area contributed by atoms with Crippen molar-refractivity contribution in [2.45, 2.75) is 18.9 Å². The Morgan fingerprint density at radius 3 is 2.75 bits per heavy atom. The molecule has 2 aromatic heterocycles. The number of pyridine rings is 1. The number of rotatable bonds is 4. The molecular formula is C14H18N4OS. The average molecular weight is 290 g/mol. The highest BCUT2D eigenvalue weighted by atomic mass is 32.1. The number of hydrogen-bond acceptors (Lipinski definition) is 6. The third kappa shape index (κ3) is 2.48. The maximum Gasteiger partial charge on any atom is 0.147 e. The van der Waals surface area contributed by atoms with Crippen LogP contribution in [-0.4, -0.2) is 34.2 Å². The molecule has 106 valence electrons. The van der Waals surface area contributed by atoms with Gasteiger partial charge in [-0.25, -0.2) is 0 Å². The van der Waals surface area contributed by atoms with Gasteiger partial charge in [-0.15, -0.1) is 0 Å². The Kier molecular flexibility index (Phi) is 3.58. The van der Waals surface area contributed by atoms with Crippen molar-refractivity contribution in [2.75, 3.05) is 24.2 Å². The van der Waals surface area contributed by atoms with E-state index in [1.165, 1.54) is 11.5 Å². The Labute approximate surface area is 122 Å². The van der Waals surface area contributed by atoms with Crippen LogP contribution < -0.4 is 10.6 Å². The molecule has 0 spiro atoms. The number of nitrogen functional groups attached to an aromatic ring is 1. The number of aromatic nitrogens is 2. The highest BCUT2D eigenvalue weighted by Crippen LogP contribution is 2.39. The zero-order valence-corrected chi connectivity index (χ0v) is 12.2. The van der Waals surface area contributed by atoms with Crippen LogP contribution >= 0.6 is 11.5 Å². The molecule has 20 heavy (non-hydrogen) atoms. The summed E-state index contributed by atoms with van der Waals surface area (Å²) in [5, 5.41) is 10.5. The summed E-state index contributed by atoms with van der Waals surface area (Å²) in [6, 6.07) is 3.90. The largest absolute Gasteiger partial charge is 0.393 e. The summed E-state index contributed by atoms with van der Waals surface area (Å²) in [5.74, 6) is 1.13. The van der Waals surface area contributed by atoms with E-state index in [0.717, 1.165) is 35.5 Å². The van der Waals surface area contributed by atoms with Gasteiger partial charge in [-0.1, -0.05) is 0 Å². The summed E-state index contributed by atoms with van der Waals surface area (Å²) in [7, 11) is 2.06. The van der Waals surface area contributed by atoms with Crippen LogP contribution in [0.5, 0.6) is 0 Å². The zero-order valence-electron chi connectivity index (χ0n) is 11.4. The van der Waals surface area contributed by atoms with Gasteiger partial charge in [0.15, 0.2) is 0 Å². The summed E-state index contributed by atoms with van der Waals surface area (Å²) >= 11 is 1.42. The van der Waals surface area contributed by atoms with Crippen LogP contribution in [0.2, 0.25) is 0 Å². The first-order chi connectivity index (χ1) is 9.65. The monoisotopic (exact) mass is 290 g/mol. The van der Waals surface area contributed by atoms with Gasteiger partial charge in [0.2, 0.25) is 0 Å². The van der Waals surface area contributed by atoms with Crippen molar-refractivity contribution in [1.82, 2.24) is 9.36 Å². The topological polar surface area (TPSA) is 75.3 Å². The molecule has 0 radical (unpaired) electrons. The predicted molar refractivity (Wildman–Crippen MR) is 81.8 cm³/mol. The van der Waals surface area contributed by atoms with Crippen LogP contribution in [0.4, 0.5) is 10.8 Å². The van der Waals surface area contributed by atoms with E-state index in [2.05, 4.69) is 21.3 Å². The molecule has 2 aromatic rings. The highest BCUT2D eigenvalue weighted by molar-refractivity contribution is 7.11. The lowest BCUT2D eigenvalue weighted by Gasteiger charge is -2.34. The predicted octanol–water partition coefficient (Wildman–Crippen LogP) is 1.99. The second-order valence-electron chi connectivity index (χ2n) is 5.36. The van der Waals surface area contributed by atoms with Crippen molar-refractivity contribution in [3.05, 3.63) is 24.5 Å². The first-order valence-corrected chi connectivity index (χ1v) is 7.47. The van der Waals surface area contributed by atoms with E-state index in [1.807, 2.05) is 12.1 Å². The summed E-state index contributed by atoms with van der Waals surface area (Å²) < 4.78 is 4.29. The smallest absolute Gasteiger partial charge is 0.147 e. The molecule has 0 aliphatic heterocycles. The number of nitrogens with zero attached hydrogens (tertiary/aromatic N) is 3. The Balaban J connectivity index is 1.83. The second kappa shape index (κ2) is 5.38. The maximum atomic E-state index is 9.38. The van der Waals surface area contributed by atoms with Crippen LogP contribution in [0.15, 0.2) is 24.5 Å². The van der Waals surface area contributed by atoms with Crippen LogP contribution in [0.3, 0.4) is 0 Å². The van der Waals surface area contributed by atoms with Gasteiger partial charge < -0.3 is 15.7 Å². The van der Waals surface area contributed by atoms with Crippen LogP contribution in [0.1, 0.15) is 12.8 Å². The van der Waals surface area contributed by atoms with Crippen molar-refractivity contribution in [3.63, 3.8) is 0 Å². The van der Waals surface area contributed by atoms with Gasteiger partial charge in [0.1, 0.15) is 10.8 Å². The minimum Gasteiger partial charge on any atom is -0.393 e. The molecule has 0 saturated heterocycles. The Morgan fingerprint density at radius 1 is 1.40 bits per heavy atom. The fraction of sp³-hybridized carbons (Fsp3) is 0.429.